The summed E-state index contributed by atoms with van der Waals surface area (Å²) in [5.41, 5.74) is -2.35. The maximum atomic E-state index is 12.8. The van der Waals surface area contributed by atoms with Gasteiger partial charge < -0.3 is 15.7 Å². The van der Waals surface area contributed by atoms with Gasteiger partial charge in [-0.3, -0.25) is 0 Å². The van der Waals surface area contributed by atoms with E-state index in [-0.39, 0.29) is 5.11 Å². The number of rotatable bonds is 1. The van der Waals surface area contributed by atoms with E-state index in [1.807, 2.05) is 5.32 Å². The molecule has 1 fully saturated rings. The lowest BCUT2D eigenvalue weighted by Crippen LogP contribution is -2.66. The third kappa shape index (κ3) is 2.41. The van der Waals surface area contributed by atoms with Crippen molar-refractivity contribution in [2.45, 2.75) is 24.4 Å². The quantitative estimate of drug-likeness (QED) is 0.685. The molecule has 98 valence electrons. The molecule has 0 amide bonds. The van der Waals surface area contributed by atoms with Crippen LogP contribution < -0.4 is 10.6 Å². The first-order valence-corrected chi connectivity index (χ1v) is 5.65. The average molecular weight is 276 g/mol. The van der Waals surface area contributed by atoms with Gasteiger partial charge in [0.15, 0.2) is 5.11 Å². The molecule has 0 radical (unpaired) electrons. The lowest BCUT2D eigenvalue weighted by atomic mass is 9.94. The van der Waals surface area contributed by atoms with E-state index in [4.69, 9.17) is 12.2 Å². The van der Waals surface area contributed by atoms with E-state index in [0.29, 0.717) is 5.56 Å². The van der Waals surface area contributed by atoms with Crippen molar-refractivity contribution < 1.29 is 18.3 Å². The van der Waals surface area contributed by atoms with Gasteiger partial charge in [-0.25, -0.2) is 0 Å². The summed E-state index contributed by atoms with van der Waals surface area (Å²) in [5, 5.41) is 14.0. The number of halogens is 3. The van der Waals surface area contributed by atoms with Crippen LogP contribution in [0.4, 0.5) is 13.2 Å². The van der Waals surface area contributed by atoms with Crippen molar-refractivity contribution in [3.8, 4) is 0 Å². The zero-order valence-electron chi connectivity index (χ0n) is 9.16. The summed E-state index contributed by atoms with van der Waals surface area (Å²) >= 11 is 4.72. The highest BCUT2D eigenvalue weighted by atomic mass is 32.1. The second-order valence-corrected chi connectivity index (χ2v) is 4.53. The minimum absolute atomic E-state index is 0.213. The van der Waals surface area contributed by atoms with E-state index >= 15 is 0 Å². The Kier molecular flexibility index (Phi) is 3.20. The Morgan fingerprint density at radius 2 is 1.89 bits per heavy atom. The van der Waals surface area contributed by atoms with Crippen LogP contribution >= 0.6 is 12.2 Å². The molecule has 0 spiro atoms. The predicted octanol–water partition coefficient (Wildman–Crippen LogP) is 1.85. The first kappa shape index (κ1) is 13.1. The molecule has 2 atom stereocenters. The van der Waals surface area contributed by atoms with Crippen molar-refractivity contribution in [2.24, 2.45) is 0 Å². The van der Waals surface area contributed by atoms with Gasteiger partial charge in [0, 0.05) is 6.42 Å². The van der Waals surface area contributed by atoms with Gasteiger partial charge in [-0.05, 0) is 17.8 Å². The Hall–Kier alpha value is -1.34. The fourth-order valence-corrected chi connectivity index (χ4v) is 2.16. The molecule has 0 saturated carbocycles. The normalized spacial score (nSPS) is 28.4. The molecule has 2 rings (SSSR count). The van der Waals surface area contributed by atoms with Gasteiger partial charge in [0.2, 0.25) is 5.72 Å². The van der Waals surface area contributed by atoms with Gasteiger partial charge in [0.05, 0.1) is 6.04 Å². The summed E-state index contributed by atoms with van der Waals surface area (Å²) in [4.78, 5) is 0. The summed E-state index contributed by atoms with van der Waals surface area (Å²) in [6.07, 6.45) is -5.33. The molecule has 0 aliphatic carbocycles. The van der Waals surface area contributed by atoms with Crippen molar-refractivity contribution >= 4 is 17.3 Å². The maximum absolute atomic E-state index is 12.8. The number of benzene rings is 1. The second-order valence-electron chi connectivity index (χ2n) is 4.12. The summed E-state index contributed by atoms with van der Waals surface area (Å²) in [6.45, 7) is 0. The molecule has 1 aliphatic heterocycles. The molecule has 3 nitrogen and oxygen atoms in total. The molecule has 1 aliphatic rings. The standard InChI is InChI=1S/C11H11F3N2OS/c12-11(13,14)10(17)6-8(15-9(18)16-10)7-4-2-1-3-5-7/h1-5,8,17H,6H2,(H2,15,16,18). The molecule has 1 aromatic rings. The average Bonchev–Trinajstić information content (AvgIpc) is 2.27. The van der Waals surface area contributed by atoms with E-state index in [9.17, 15) is 18.3 Å². The molecular weight excluding hydrogens is 265 g/mol. The van der Waals surface area contributed by atoms with Crippen LogP contribution in [0.25, 0.3) is 0 Å². The van der Waals surface area contributed by atoms with E-state index in [1.165, 1.54) is 0 Å². The lowest BCUT2D eigenvalue weighted by Gasteiger charge is -2.40. The Labute approximate surface area is 107 Å². The lowest BCUT2D eigenvalue weighted by molar-refractivity contribution is -0.273. The van der Waals surface area contributed by atoms with E-state index in [1.54, 1.807) is 30.3 Å². The SMILES string of the molecule is OC1(C(F)(F)F)CC(c2ccccc2)NC(=S)N1. The number of aliphatic hydroxyl groups is 1. The van der Waals surface area contributed by atoms with Crippen molar-refractivity contribution in [1.82, 2.24) is 10.6 Å². The maximum Gasteiger partial charge on any atom is 0.436 e. The highest BCUT2D eigenvalue weighted by molar-refractivity contribution is 7.80. The van der Waals surface area contributed by atoms with Crippen molar-refractivity contribution in [3.63, 3.8) is 0 Å². The molecule has 1 heterocycles. The van der Waals surface area contributed by atoms with Crippen LogP contribution in [0, 0.1) is 0 Å². The molecule has 0 bridgehead atoms. The fraction of sp³-hybridized carbons (Fsp3) is 0.364. The summed E-state index contributed by atoms with van der Waals surface area (Å²) in [6, 6.07) is 7.89. The number of alkyl halides is 3. The van der Waals surface area contributed by atoms with Crippen molar-refractivity contribution in [3.05, 3.63) is 35.9 Å². The highest BCUT2D eigenvalue weighted by Crippen LogP contribution is 2.37. The van der Waals surface area contributed by atoms with Gasteiger partial charge in [0.25, 0.3) is 0 Å². The van der Waals surface area contributed by atoms with Gasteiger partial charge in [-0.1, -0.05) is 30.3 Å². The van der Waals surface area contributed by atoms with Crippen molar-refractivity contribution in [2.75, 3.05) is 0 Å². The molecular formula is C11H11F3N2OS. The summed E-state index contributed by atoms with van der Waals surface area (Å²) in [5.74, 6) is 0. The van der Waals surface area contributed by atoms with Gasteiger partial charge in [-0.2, -0.15) is 13.2 Å². The minimum atomic E-state index is -4.79. The number of thiocarbonyl (C=S) groups is 1. The van der Waals surface area contributed by atoms with Crippen LogP contribution in [0.3, 0.4) is 0 Å². The van der Waals surface area contributed by atoms with Crippen LogP contribution in [0.5, 0.6) is 0 Å². The second kappa shape index (κ2) is 4.40. The molecule has 3 N–H and O–H groups in total. The zero-order valence-corrected chi connectivity index (χ0v) is 9.98. The van der Waals surface area contributed by atoms with E-state index in [2.05, 4.69) is 5.32 Å². The van der Waals surface area contributed by atoms with E-state index < -0.39 is 24.4 Å². The fourth-order valence-electron chi connectivity index (χ4n) is 1.85. The number of nitrogens with one attached hydrogen (secondary N) is 2. The molecule has 1 saturated heterocycles. The van der Waals surface area contributed by atoms with Crippen molar-refractivity contribution in [1.29, 1.82) is 0 Å². The predicted molar refractivity (Wildman–Crippen MR) is 63.7 cm³/mol. The van der Waals surface area contributed by atoms with Gasteiger partial charge >= 0.3 is 6.18 Å². The molecule has 18 heavy (non-hydrogen) atoms. The Bertz CT molecular complexity index is 451. The van der Waals surface area contributed by atoms with E-state index in [0.717, 1.165) is 0 Å². The molecule has 1 aromatic carbocycles. The van der Waals surface area contributed by atoms with Crippen LogP contribution in [0.1, 0.15) is 18.0 Å². The monoisotopic (exact) mass is 276 g/mol. The van der Waals surface area contributed by atoms with Gasteiger partial charge in [0.1, 0.15) is 0 Å². The van der Waals surface area contributed by atoms with Crippen LogP contribution in [-0.2, 0) is 0 Å². The van der Waals surface area contributed by atoms with Crippen LogP contribution in [0.2, 0.25) is 0 Å². The minimum Gasteiger partial charge on any atom is -0.363 e. The van der Waals surface area contributed by atoms with Crippen LogP contribution in [0.15, 0.2) is 30.3 Å². The Morgan fingerprint density at radius 3 is 2.44 bits per heavy atom. The molecule has 7 heteroatoms. The van der Waals surface area contributed by atoms with Gasteiger partial charge in [-0.15, -0.1) is 0 Å². The highest BCUT2D eigenvalue weighted by Gasteiger charge is 2.57. The smallest absolute Gasteiger partial charge is 0.363 e. The van der Waals surface area contributed by atoms with Crippen LogP contribution in [-0.4, -0.2) is 22.1 Å². The largest absolute Gasteiger partial charge is 0.436 e. The first-order valence-electron chi connectivity index (χ1n) is 5.24. The summed E-state index contributed by atoms with van der Waals surface area (Å²) in [7, 11) is 0. The molecule has 0 aromatic heterocycles. The third-order valence-corrected chi connectivity index (χ3v) is 3.02. The number of hydrogen-bond donors (Lipinski definition) is 3. The number of hydrogen-bond acceptors (Lipinski definition) is 2. The molecule has 2 unspecified atom stereocenters. The zero-order chi connectivity index (χ0) is 13.4. The summed E-state index contributed by atoms with van der Waals surface area (Å²) < 4.78 is 38.4. The first-order chi connectivity index (χ1) is 8.32. The topological polar surface area (TPSA) is 44.3 Å². The Balaban J connectivity index is 2.28. The third-order valence-electron chi connectivity index (χ3n) is 2.80. The Morgan fingerprint density at radius 1 is 1.28 bits per heavy atom.